The second-order valence-corrected chi connectivity index (χ2v) is 9.61. The Morgan fingerprint density at radius 1 is 1.24 bits per heavy atom. The maximum absolute atomic E-state index is 12.9. The van der Waals surface area contributed by atoms with Crippen LogP contribution in [0.2, 0.25) is 0 Å². The molecule has 1 aromatic carbocycles. The number of allylic oxidation sites excluding steroid dienone is 1. The molecule has 0 N–H and O–H groups in total. The molecule has 3 heterocycles. The highest BCUT2D eigenvalue weighted by Crippen LogP contribution is 2.31. The number of amides is 1. The normalized spacial score (nSPS) is 23.5. The largest absolute Gasteiger partial charge is 0.443 e. The zero-order valence-electron chi connectivity index (χ0n) is 18.2. The number of likely N-dealkylation sites (N-methyl/N-ethyl adjacent to an activating group) is 1. The monoisotopic (exact) mass is 396 g/mol. The van der Waals surface area contributed by atoms with Crippen LogP contribution in [0.3, 0.4) is 0 Å². The summed E-state index contributed by atoms with van der Waals surface area (Å²) in [6.07, 6.45) is 6.10. The van der Waals surface area contributed by atoms with E-state index in [0.29, 0.717) is 18.5 Å². The quantitative estimate of drug-likeness (QED) is 0.748. The van der Waals surface area contributed by atoms with Gasteiger partial charge in [0.15, 0.2) is 0 Å². The number of hydrogen-bond donors (Lipinski definition) is 0. The Kier molecular flexibility index (Phi) is 5.15. The molecule has 6 nitrogen and oxygen atoms in total. The summed E-state index contributed by atoms with van der Waals surface area (Å²) in [5.74, 6) is 0.411. The van der Waals surface area contributed by atoms with Gasteiger partial charge in [-0.15, -0.1) is 0 Å². The summed E-state index contributed by atoms with van der Waals surface area (Å²) in [4.78, 5) is 17.0. The van der Waals surface area contributed by atoms with E-state index in [-0.39, 0.29) is 6.09 Å². The molecule has 2 aliphatic rings. The minimum Gasteiger partial charge on any atom is -0.443 e. The molecule has 0 bridgehead atoms. The topological polar surface area (TPSA) is 50.6 Å². The minimum atomic E-state index is -0.514. The van der Waals surface area contributed by atoms with E-state index in [0.717, 1.165) is 48.1 Å². The highest BCUT2D eigenvalue weighted by molar-refractivity contribution is 5.87. The third kappa shape index (κ3) is 4.32. The fourth-order valence-electron chi connectivity index (χ4n) is 4.18. The molecule has 0 radical (unpaired) electrons. The van der Waals surface area contributed by atoms with Gasteiger partial charge in [-0.3, -0.25) is 9.58 Å². The van der Waals surface area contributed by atoms with Crippen LogP contribution < -0.4 is 0 Å². The molecule has 1 unspecified atom stereocenters. The highest BCUT2D eigenvalue weighted by Gasteiger charge is 2.29. The van der Waals surface area contributed by atoms with Crippen molar-refractivity contribution < 1.29 is 9.53 Å². The van der Waals surface area contributed by atoms with Crippen LogP contribution in [-0.2, 0) is 4.74 Å². The van der Waals surface area contributed by atoms with Crippen LogP contribution in [0.4, 0.5) is 4.79 Å². The predicted molar refractivity (Wildman–Crippen MR) is 116 cm³/mol. The molecule has 1 amide bonds. The van der Waals surface area contributed by atoms with E-state index >= 15 is 0 Å². The first kappa shape index (κ1) is 20.0. The van der Waals surface area contributed by atoms with Crippen LogP contribution in [0, 0.1) is 5.92 Å². The molecule has 4 rings (SSSR count). The number of nitrogens with zero attached hydrogens (tertiary/aromatic N) is 4. The second-order valence-electron chi connectivity index (χ2n) is 9.61. The van der Waals surface area contributed by atoms with Gasteiger partial charge in [-0.2, -0.15) is 5.10 Å². The van der Waals surface area contributed by atoms with Crippen molar-refractivity contribution in [3.05, 3.63) is 36.0 Å². The van der Waals surface area contributed by atoms with Crippen molar-refractivity contribution in [2.24, 2.45) is 5.92 Å². The summed E-state index contributed by atoms with van der Waals surface area (Å²) >= 11 is 0. The van der Waals surface area contributed by atoms with E-state index in [1.807, 2.05) is 20.8 Å². The van der Waals surface area contributed by atoms with Crippen LogP contribution >= 0.6 is 0 Å². The number of hydrogen-bond acceptors (Lipinski definition) is 4. The number of ether oxygens (including phenoxy) is 1. The van der Waals surface area contributed by atoms with Gasteiger partial charge in [0.1, 0.15) is 5.60 Å². The van der Waals surface area contributed by atoms with Gasteiger partial charge in [-0.1, -0.05) is 25.1 Å². The van der Waals surface area contributed by atoms with Gasteiger partial charge in [-0.25, -0.2) is 4.79 Å². The molecule has 2 aromatic rings. The van der Waals surface area contributed by atoms with E-state index in [1.165, 1.54) is 0 Å². The molecular weight excluding hydrogens is 364 g/mol. The van der Waals surface area contributed by atoms with Crippen LogP contribution in [0.15, 0.2) is 30.5 Å². The van der Waals surface area contributed by atoms with Gasteiger partial charge in [-0.05, 0) is 59.2 Å². The van der Waals surface area contributed by atoms with E-state index in [9.17, 15) is 4.79 Å². The standard InChI is InChI=1S/C23H32N4O2/c1-16-6-9-21(26(13-16)22(28)29-23(2,3)4)17-7-8-18-14-27(24-20(18)12-17)19-10-11-25(5)15-19/h7-9,12,14,16,19H,6,10-11,13,15H2,1-5H3/t16?,19-/m0/s1. The van der Waals surface area contributed by atoms with Crippen molar-refractivity contribution in [3.63, 3.8) is 0 Å². The summed E-state index contributed by atoms with van der Waals surface area (Å²) in [5.41, 5.74) is 2.40. The number of carbonyl (C=O) groups is 1. The number of carbonyl (C=O) groups excluding carboxylic acids is 1. The van der Waals surface area contributed by atoms with Crippen molar-refractivity contribution in [1.29, 1.82) is 0 Å². The summed E-state index contributed by atoms with van der Waals surface area (Å²) in [7, 11) is 2.16. The molecule has 2 aliphatic heterocycles. The van der Waals surface area contributed by atoms with Crippen molar-refractivity contribution >= 4 is 22.7 Å². The van der Waals surface area contributed by atoms with Crippen molar-refractivity contribution in [3.8, 4) is 0 Å². The Hall–Kier alpha value is -2.34. The summed E-state index contributed by atoms with van der Waals surface area (Å²) in [6.45, 7) is 10.7. The number of benzene rings is 1. The van der Waals surface area contributed by atoms with E-state index in [2.05, 4.69) is 54.0 Å². The van der Waals surface area contributed by atoms with E-state index in [4.69, 9.17) is 9.84 Å². The third-order valence-corrected chi connectivity index (χ3v) is 5.67. The molecule has 6 heteroatoms. The maximum Gasteiger partial charge on any atom is 0.414 e. The summed E-state index contributed by atoms with van der Waals surface area (Å²) in [5, 5.41) is 5.99. The van der Waals surface area contributed by atoms with Crippen LogP contribution in [-0.4, -0.2) is 58.0 Å². The maximum atomic E-state index is 12.9. The van der Waals surface area contributed by atoms with Crippen LogP contribution in [0.25, 0.3) is 16.6 Å². The lowest BCUT2D eigenvalue weighted by Crippen LogP contribution is -2.39. The number of likely N-dealkylation sites (tertiary alicyclic amines) is 1. The van der Waals surface area contributed by atoms with E-state index < -0.39 is 5.60 Å². The van der Waals surface area contributed by atoms with Crippen molar-refractivity contribution in [1.82, 2.24) is 19.6 Å². The number of aromatic nitrogens is 2. The first-order valence-corrected chi connectivity index (χ1v) is 10.6. The number of rotatable bonds is 2. The smallest absolute Gasteiger partial charge is 0.414 e. The highest BCUT2D eigenvalue weighted by atomic mass is 16.6. The van der Waals surface area contributed by atoms with Crippen LogP contribution in [0.5, 0.6) is 0 Å². The third-order valence-electron chi connectivity index (χ3n) is 5.67. The SMILES string of the molecule is CC1CC=C(c2ccc3cn([C@H]4CCN(C)C4)nc3c2)N(C(=O)OC(C)(C)C)C1. The molecule has 156 valence electrons. The Labute approximate surface area is 173 Å². The predicted octanol–water partition coefficient (Wildman–Crippen LogP) is 4.53. The van der Waals surface area contributed by atoms with E-state index in [1.54, 1.807) is 4.90 Å². The van der Waals surface area contributed by atoms with Gasteiger partial charge in [0.2, 0.25) is 0 Å². The van der Waals surface area contributed by atoms with Gasteiger partial charge in [0, 0.05) is 30.2 Å². The first-order chi connectivity index (χ1) is 13.7. The lowest BCUT2D eigenvalue weighted by Gasteiger charge is -2.33. The zero-order chi connectivity index (χ0) is 20.8. The van der Waals surface area contributed by atoms with Crippen molar-refractivity contribution in [2.75, 3.05) is 26.7 Å². The van der Waals surface area contributed by atoms with Gasteiger partial charge < -0.3 is 9.64 Å². The Bertz CT molecular complexity index is 940. The van der Waals surface area contributed by atoms with Crippen LogP contribution in [0.1, 0.15) is 52.1 Å². The lowest BCUT2D eigenvalue weighted by molar-refractivity contribution is 0.0327. The van der Waals surface area contributed by atoms with Gasteiger partial charge in [0.25, 0.3) is 0 Å². The zero-order valence-corrected chi connectivity index (χ0v) is 18.2. The Balaban J connectivity index is 1.63. The van der Waals surface area contributed by atoms with Crippen molar-refractivity contribution in [2.45, 2.75) is 52.2 Å². The Morgan fingerprint density at radius 2 is 2.03 bits per heavy atom. The Morgan fingerprint density at radius 3 is 2.72 bits per heavy atom. The van der Waals surface area contributed by atoms with Gasteiger partial charge >= 0.3 is 6.09 Å². The molecule has 1 aromatic heterocycles. The van der Waals surface area contributed by atoms with Gasteiger partial charge in [0.05, 0.1) is 17.3 Å². The molecule has 0 saturated carbocycles. The average molecular weight is 397 g/mol. The first-order valence-electron chi connectivity index (χ1n) is 10.6. The molecule has 2 atom stereocenters. The number of fused-ring (bicyclic) bond motifs is 1. The average Bonchev–Trinajstić information content (AvgIpc) is 3.25. The fourth-order valence-corrected chi connectivity index (χ4v) is 4.18. The molecule has 1 saturated heterocycles. The fraction of sp³-hybridized carbons (Fsp3) is 0.565. The second kappa shape index (κ2) is 7.48. The molecule has 0 spiro atoms. The molecule has 1 fully saturated rings. The summed E-state index contributed by atoms with van der Waals surface area (Å²) < 4.78 is 7.78. The molecule has 29 heavy (non-hydrogen) atoms. The minimum absolute atomic E-state index is 0.282. The molecular formula is C23H32N4O2. The lowest BCUT2D eigenvalue weighted by atomic mass is 9.98. The summed E-state index contributed by atoms with van der Waals surface area (Å²) in [6, 6.07) is 6.74. The molecule has 0 aliphatic carbocycles.